The van der Waals surface area contributed by atoms with Gasteiger partial charge < -0.3 is 20.1 Å². The Bertz CT molecular complexity index is 872. The highest BCUT2D eigenvalue weighted by molar-refractivity contribution is 5.95. The summed E-state index contributed by atoms with van der Waals surface area (Å²) in [6, 6.07) is 8.11. The van der Waals surface area contributed by atoms with E-state index in [-0.39, 0.29) is 5.91 Å². The van der Waals surface area contributed by atoms with E-state index in [4.69, 9.17) is 4.99 Å². The number of amides is 1. The van der Waals surface area contributed by atoms with Crippen LogP contribution in [0.4, 0.5) is 5.69 Å². The first-order valence-electron chi connectivity index (χ1n) is 10.6. The van der Waals surface area contributed by atoms with Gasteiger partial charge >= 0.3 is 0 Å². The molecule has 2 aliphatic heterocycles. The minimum absolute atomic E-state index is 0.213. The van der Waals surface area contributed by atoms with Gasteiger partial charge in [-0.15, -0.1) is 10.2 Å². The van der Waals surface area contributed by atoms with Gasteiger partial charge in [-0.1, -0.05) is 12.1 Å². The number of benzene rings is 1. The van der Waals surface area contributed by atoms with Crippen LogP contribution in [0.25, 0.3) is 0 Å². The van der Waals surface area contributed by atoms with Crippen LogP contribution in [-0.4, -0.2) is 39.7 Å². The third-order valence-corrected chi connectivity index (χ3v) is 5.44. The molecule has 0 aliphatic carbocycles. The molecule has 1 fully saturated rings. The fourth-order valence-corrected chi connectivity index (χ4v) is 3.88. The number of aryl methyl sites for hydroxylation is 1. The summed E-state index contributed by atoms with van der Waals surface area (Å²) in [4.78, 5) is 18.4. The maximum absolute atomic E-state index is 11.9. The number of anilines is 1. The number of aromatic nitrogens is 3. The number of carbonyl (C=O) groups excluding carboxylic acids is 1. The van der Waals surface area contributed by atoms with Gasteiger partial charge in [-0.25, -0.2) is 4.99 Å². The Balaban J connectivity index is 1.37. The zero-order chi connectivity index (χ0) is 20.1. The summed E-state index contributed by atoms with van der Waals surface area (Å²) in [7, 11) is 0. The first kappa shape index (κ1) is 19.4. The van der Waals surface area contributed by atoms with Gasteiger partial charge in [-0.05, 0) is 43.9 Å². The van der Waals surface area contributed by atoms with Crippen molar-refractivity contribution in [3.05, 3.63) is 41.5 Å². The molecule has 2 aromatic rings. The van der Waals surface area contributed by atoms with Crippen molar-refractivity contribution in [3.63, 3.8) is 0 Å². The molecule has 1 aromatic heterocycles. The SMILES string of the molecule is CCNC(=NCc1ccc(N2CCCC2=O)cc1)NCc1nnc2n1CCCC2. The second-order valence-electron chi connectivity index (χ2n) is 7.51. The molecule has 2 aliphatic rings. The average molecular weight is 396 g/mol. The van der Waals surface area contributed by atoms with Crippen molar-refractivity contribution in [3.8, 4) is 0 Å². The second kappa shape index (κ2) is 9.07. The maximum Gasteiger partial charge on any atom is 0.227 e. The van der Waals surface area contributed by atoms with E-state index in [1.807, 2.05) is 29.2 Å². The molecule has 0 spiro atoms. The predicted octanol–water partition coefficient (Wildman–Crippen LogP) is 2.00. The molecule has 1 aromatic carbocycles. The summed E-state index contributed by atoms with van der Waals surface area (Å²) in [5.41, 5.74) is 2.08. The minimum atomic E-state index is 0.213. The molecule has 0 bridgehead atoms. The molecule has 3 heterocycles. The average Bonchev–Trinajstić information content (AvgIpc) is 3.37. The third kappa shape index (κ3) is 4.58. The van der Waals surface area contributed by atoms with Gasteiger partial charge in [0.2, 0.25) is 5.91 Å². The van der Waals surface area contributed by atoms with Crippen molar-refractivity contribution in [2.45, 2.75) is 58.7 Å². The summed E-state index contributed by atoms with van der Waals surface area (Å²) < 4.78 is 2.22. The van der Waals surface area contributed by atoms with Gasteiger partial charge in [-0.3, -0.25) is 4.79 Å². The topological polar surface area (TPSA) is 87.4 Å². The Hall–Kier alpha value is -2.90. The Morgan fingerprint density at radius 1 is 1.07 bits per heavy atom. The van der Waals surface area contributed by atoms with Crippen molar-refractivity contribution in [1.29, 1.82) is 0 Å². The zero-order valence-electron chi connectivity index (χ0n) is 17.0. The Morgan fingerprint density at radius 3 is 2.69 bits per heavy atom. The lowest BCUT2D eigenvalue weighted by molar-refractivity contribution is -0.117. The monoisotopic (exact) mass is 395 g/mol. The zero-order valence-corrected chi connectivity index (χ0v) is 17.0. The number of fused-ring (bicyclic) bond motifs is 1. The summed E-state index contributed by atoms with van der Waals surface area (Å²) >= 11 is 0. The van der Waals surface area contributed by atoms with E-state index in [0.717, 1.165) is 61.3 Å². The molecule has 1 amide bonds. The largest absolute Gasteiger partial charge is 0.357 e. The van der Waals surface area contributed by atoms with E-state index >= 15 is 0 Å². The van der Waals surface area contributed by atoms with E-state index in [1.54, 1.807) is 0 Å². The van der Waals surface area contributed by atoms with Crippen LogP contribution in [0.3, 0.4) is 0 Å². The lowest BCUT2D eigenvalue weighted by atomic mass is 10.2. The molecule has 29 heavy (non-hydrogen) atoms. The lowest BCUT2D eigenvalue weighted by Gasteiger charge is -2.16. The van der Waals surface area contributed by atoms with Crippen molar-refractivity contribution in [2.75, 3.05) is 18.0 Å². The van der Waals surface area contributed by atoms with Crippen LogP contribution in [0.1, 0.15) is 49.8 Å². The van der Waals surface area contributed by atoms with Gasteiger partial charge in [0.15, 0.2) is 11.8 Å². The summed E-state index contributed by atoms with van der Waals surface area (Å²) in [6.45, 7) is 5.84. The van der Waals surface area contributed by atoms with E-state index in [9.17, 15) is 4.79 Å². The van der Waals surface area contributed by atoms with Crippen molar-refractivity contribution in [1.82, 2.24) is 25.4 Å². The fourth-order valence-electron chi connectivity index (χ4n) is 3.88. The number of aliphatic imine (C=N–C) groups is 1. The number of guanidine groups is 1. The highest BCUT2D eigenvalue weighted by Gasteiger charge is 2.21. The van der Waals surface area contributed by atoms with Gasteiger partial charge in [-0.2, -0.15) is 0 Å². The molecule has 8 nitrogen and oxygen atoms in total. The molecular weight excluding hydrogens is 366 g/mol. The van der Waals surface area contributed by atoms with Crippen molar-refractivity contribution < 1.29 is 4.79 Å². The van der Waals surface area contributed by atoms with E-state index < -0.39 is 0 Å². The number of rotatable bonds is 6. The quantitative estimate of drug-likeness (QED) is 0.577. The fraction of sp³-hybridized carbons (Fsp3) is 0.524. The molecule has 2 N–H and O–H groups in total. The first-order chi connectivity index (χ1) is 14.2. The van der Waals surface area contributed by atoms with Crippen LogP contribution >= 0.6 is 0 Å². The Morgan fingerprint density at radius 2 is 1.93 bits per heavy atom. The molecule has 4 rings (SSSR count). The number of carbonyl (C=O) groups is 1. The van der Waals surface area contributed by atoms with Crippen molar-refractivity contribution >= 4 is 17.6 Å². The van der Waals surface area contributed by atoms with Gasteiger partial charge in [0.1, 0.15) is 5.82 Å². The summed E-state index contributed by atoms with van der Waals surface area (Å²) in [5, 5.41) is 15.3. The van der Waals surface area contributed by atoms with Crippen LogP contribution in [0, 0.1) is 0 Å². The van der Waals surface area contributed by atoms with Gasteiger partial charge in [0, 0.05) is 38.2 Å². The molecule has 8 heteroatoms. The lowest BCUT2D eigenvalue weighted by Crippen LogP contribution is -2.37. The molecule has 0 unspecified atom stereocenters. The number of hydrogen-bond donors (Lipinski definition) is 2. The van der Waals surface area contributed by atoms with Crippen LogP contribution in [-0.2, 0) is 30.8 Å². The van der Waals surface area contributed by atoms with Crippen LogP contribution < -0.4 is 15.5 Å². The Kier molecular flexibility index (Phi) is 6.07. The molecule has 1 saturated heterocycles. The minimum Gasteiger partial charge on any atom is -0.357 e. The molecule has 0 saturated carbocycles. The normalized spacial score (nSPS) is 16.8. The molecule has 0 atom stereocenters. The van der Waals surface area contributed by atoms with Gasteiger partial charge in [0.25, 0.3) is 0 Å². The Labute approximate surface area is 171 Å². The number of nitrogens with one attached hydrogen (secondary N) is 2. The predicted molar refractivity (Wildman–Crippen MR) is 113 cm³/mol. The number of hydrogen-bond acceptors (Lipinski definition) is 4. The van der Waals surface area contributed by atoms with E-state index in [2.05, 4.69) is 32.3 Å². The van der Waals surface area contributed by atoms with E-state index in [1.165, 1.54) is 12.8 Å². The molecule has 154 valence electrons. The van der Waals surface area contributed by atoms with Crippen molar-refractivity contribution in [2.24, 2.45) is 4.99 Å². The molecular formula is C21H29N7O. The van der Waals surface area contributed by atoms with Gasteiger partial charge in [0.05, 0.1) is 13.1 Å². The highest BCUT2D eigenvalue weighted by Crippen LogP contribution is 2.21. The third-order valence-electron chi connectivity index (χ3n) is 5.44. The van der Waals surface area contributed by atoms with Crippen LogP contribution in [0.5, 0.6) is 0 Å². The van der Waals surface area contributed by atoms with Crippen LogP contribution in [0.15, 0.2) is 29.3 Å². The highest BCUT2D eigenvalue weighted by atomic mass is 16.2. The standard InChI is InChI=1S/C21H29N7O/c1-2-22-21(24-15-19-26-25-18-6-3-4-12-28(18)19)23-14-16-8-10-17(11-9-16)27-13-5-7-20(27)29/h8-11H,2-7,12-15H2,1H3,(H2,22,23,24). The second-order valence-corrected chi connectivity index (χ2v) is 7.51. The summed E-state index contributed by atoms with van der Waals surface area (Å²) in [6.07, 6.45) is 4.99. The molecule has 0 radical (unpaired) electrons. The smallest absolute Gasteiger partial charge is 0.227 e. The number of nitrogens with zero attached hydrogens (tertiary/aromatic N) is 5. The summed E-state index contributed by atoms with van der Waals surface area (Å²) in [5.74, 6) is 3.03. The van der Waals surface area contributed by atoms with E-state index in [0.29, 0.717) is 19.5 Å². The van der Waals surface area contributed by atoms with Crippen LogP contribution in [0.2, 0.25) is 0 Å². The first-order valence-corrected chi connectivity index (χ1v) is 10.6. The maximum atomic E-state index is 11.9.